The lowest BCUT2D eigenvalue weighted by Crippen LogP contribution is -2.58. The van der Waals surface area contributed by atoms with Crippen LogP contribution in [0.3, 0.4) is 0 Å². The van der Waals surface area contributed by atoms with Crippen molar-refractivity contribution in [2.24, 2.45) is 0 Å². The first-order chi connectivity index (χ1) is 11.6. The molecule has 2 heterocycles. The molecule has 2 aliphatic heterocycles. The Morgan fingerprint density at radius 3 is 2.33 bits per heavy atom. The van der Waals surface area contributed by atoms with Gasteiger partial charge >= 0.3 is 0 Å². The maximum Gasteiger partial charge on any atom is 0.256 e. The Balaban J connectivity index is 1.65. The normalized spacial score (nSPS) is 26.4. The number of piperidine rings is 1. The molecule has 5 heteroatoms. The van der Waals surface area contributed by atoms with Gasteiger partial charge in [0.05, 0.1) is 0 Å². The molecular formula is C19H27FN2O2. The van der Waals surface area contributed by atoms with Crippen LogP contribution in [-0.2, 0) is 11.3 Å². The second kappa shape index (κ2) is 7.62. The van der Waals surface area contributed by atoms with Gasteiger partial charge < -0.3 is 10.0 Å². The summed E-state index contributed by atoms with van der Waals surface area (Å²) in [6, 6.07) is 6.22. The number of benzene rings is 1. The minimum atomic E-state index is -1.28. The van der Waals surface area contributed by atoms with Crippen molar-refractivity contribution >= 4 is 5.91 Å². The van der Waals surface area contributed by atoms with Crippen LogP contribution in [0.2, 0.25) is 0 Å². The van der Waals surface area contributed by atoms with E-state index in [1.165, 1.54) is 25.0 Å². The minimum absolute atomic E-state index is 0.178. The highest BCUT2D eigenvalue weighted by atomic mass is 19.1. The summed E-state index contributed by atoms with van der Waals surface area (Å²) in [5.74, 6) is -0.455. The number of hydrogen-bond donors (Lipinski definition) is 1. The quantitative estimate of drug-likeness (QED) is 0.920. The Bertz CT molecular complexity index is 555. The molecule has 0 aromatic heterocycles. The second-order valence-corrected chi connectivity index (χ2v) is 7.18. The number of carbonyl (C=O) groups is 1. The Hall–Kier alpha value is -1.46. The number of rotatable bonds is 4. The summed E-state index contributed by atoms with van der Waals surface area (Å²) in [5, 5.41) is 11.0. The number of aliphatic hydroxyl groups is 1. The summed E-state index contributed by atoms with van der Waals surface area (Å²) in [5.41, 5.74) is -0.383. The largest absolute Gasteiger partial charge is 0.379 e. The zero-order valence-corrected chi connectivity index (χ0v) is 14.2. The zero-order chi connectivity index (χ0) is 17.0. The summed E-state index contributed by atoms with van der Waals surface area (Å²) in [6.45, 7) is 3.45. The predicted octanol–water partition coefficient (Wildman–Crippen LogP) is 2.56. The average molecular weight is 334 g/mol. The first-order valence-electron chi connectivity index (χ1n) is 9.05. The lowest BCUT2D eigenvalue weighted by atomic mass is 9.90. The monoisotopic (exact) mass is 334 g/mol. The molecule has 0 saturated carbocycles. The van der Waals surface area contributed by atoms with Gasteiger partial charge in [-0.25, -0.2) is 4.39 Å². The lowest BCUT2D eigenvalue weighted by molar-refractivity contribution is -0.160. The fourth-order valence-electron chi connectivity index (χ4n) is 3.84. The highest BCUT2D eigenvalue weighted by Gasteiger charge is 2.43. The molecule has 24 heavy (non-hydrogen) atoms. The van der Waals surface area contributed by atoms with Crippen LogP contribution in [0.4, 0.5) is 4.39 Å². The third-order valence-electron chi connectivity index (χ3n) is 5.17. The van der Waals surface area contributed by atoms with E-state index in [0.717, 1.165) is 37.9 Å². The van der Waals surface area contributed by atoms with Crippen LogP contribution in [-0.4, -0.2) is 52.6 Å². The molecule has 3 rings (SSSR count). The van der Waals surface area contributed by atoms with Crippen molar-refractivity contribution < 1.29 is 14.3 Å². The van der Waals surface area contributed by atoms with Crippen molar-refractivity contribution in [3.8, 4) is 0 Å². The van der Waals surface area contributed by atoms with Gasteiger partial charge in [0.2, 0.25) is 0 Å². The summed E-state index contributed by atoms with van der Waals surface area (Å²) in [7, 11) is 0. The maximum atomic E-state index is 13.0. The summed E-state index contributed by atoms with van der Waals surface area (Å²) in [6.07, 6.45) is 6.09. The molecular weight excluding hydrogens is 307 g/mol. The molecule has 132 valence electrons. The van der Waals surface area contributed by atoms with E-state index >= 15 is 0 Å². The van der Waals surface area contributed by atoms with Crippen molar-refractivity contribution in [1.82, 2.24) is 9.80 Å². The first kappa shape index (κ1) is 17.4. The number of carbonyl (C=O) groups excluding carboxylic acids is 1. The molecule has 0 aliphatic carbocycles. The van der Waals surface area contributed by atoms with Crippen molar-refractivity contribution in [2.45, 2.75) is 50.7 Å². The topological polar surface area (TPSA) is 43.8 Å². The van der Waals surface area contributed by atoms with Gasteiger partial charge in [0, 0.05) is 19.6 Å². The minimum Gasteiger partial charge on any atom is -0.379 e. The van der Waals surface area contributed by atoms with Crippen LogP contribution in [0, 0.1) is 5.82 Å². The Kier molecular flexibility index (Phi) is 5.51. The molecule has 4 nitrogen and oxygen atoms in total. The Morgan fingerprint density at radius 2 is 1.67 bits per heavy atom. The molecule has 2 saturated heterocycles. The van der Waals surface area contributed by atoms with Gasteiger partial charge in [0.25, 0.3) is 5.91 Å². The van der Waals surface area contributed by atoms with E-state index < -0.39 is 5.60 Å². The van der Waals surface area contributed by atoms with E-state index in [9.17, 15) is 14.3 Å². The summed E-state index contributed by atoms with van der Waals surface area (Å²) >= 11 is 0. The van der Waals surface area contributed by atoms with Gasteiger partial charge in [0.15, 0.2) is 5.60 Å². The highest BCUT2D eigenvalue weighted by molar-refractivity contribution is 5.86. The van der Waals surface area contributed by atoms with Crippen LogP contribution in [0.1, 0.15) is 44.1 Å². The number of likely N-dealkylation sites (tertiary alicyclic amines) is 2. The van der Waals surface area contributed by atoms with E-state index in [1.807, 2.05) is 0 Å². The van der Waals surface area contributed by atoms with Crippen molar-refractivity contribution in [3.63, 3.8) is 0 Å². The standard InChI is InChI=1S/C19H27FN2O2/c20-17-8-6-16(7-9-17)14-22-13-5-10-19(24,18(22)23)15-21-11-3-1-2-4-12-21/h6-9,24H,1-5,10-15H2/t19-/m1/s1. The molecule has 0 bridgehead atoms. The molecule has 0 spiro atoms. The number of hydrogen-bond acceptors (Lipinski definition) is 3. The van der Waals surface area contributed by atoms with Crippen molar-refractivity contribution in [2.75, 3.05) is 26.2 Å². The average Bonchev–Trinajstić information content (AvgIpc) is 2.83. The first-order valence-corrected chi connectivity index (χ1v) is 9.05. The molecule has 1 N–H and O–H groups in total. The van der Waals surface area contributed by atoms with Crippen LogP contribution in [0.15, 0.2) is 24.3 Å². The van der Waals surface area contributed by atoms with Gasteiger partial charge in [-0.05, 0) is 56.5 Å². The fourth-order valence-corrected chi connectivity index (χ4v) is 3.84. The molecule has 0 unspecified atom stereocenters. The number of amides is 1. The van der Waals surface area contributed by atoms with Crippen LogP contribution < -0.4 is 0 Å². The second-order valence-electron chi connectivity index (χ2n) is 7.18. The van der Waals surface area contributed by atoms with Crippen LogP contribution in [0.25, 0.3) is 0 Å². The summed E-state index contributed by atoms with van der Waals surface area (Å²) < 4.78 is 13.0. The predicted molar refractivity (Wildman–Crippen MR) is 90.9 cm³/mol. The molecule has 1 aromatic rings. The zero-order valence-electron chi connectivity index (χ0n) is 14.2. The lowest BCUT2D eigenvalue weighted by Gasteiger charge is -2.40. The van der Waals surface area contributed by atoms with Gasteiger partial charge in [-0.1, -0.05) is 25.0 Å². The number of halogens is 1. The van der Waals surface area contributed by atoms with Crippen LogP contribution in [0.5, 0.6) is 0 Å². The fraction of sp³-hybridized carbons (Fsp3) is 0.632. The van der Waals surface area contributed by atoms with Gasteiger partial charge in [-0.3, -0.25) is 9.69 Å². The van der Waals surface area contributed by atoms with Crippen molar-refractivity contribution in [3.05, 3.63) is 35.6 Å². The van der Waals surface area contributed by atoms with Gasteiger partial charge in [0.1, 0.15) is 5.82 Å². The number of nitrogens with zero attached hydrogens (tertiary/aromatic N) is 2. The van der Waals surface area contributed by atoms with Gasteiger partial charge in [-0.2, -0.15) is 0 Å². The van der Waals surface area contributed by atoms with Crippen LogP contribution >= 0.6 is 0 Å². The maximum absolute atomic E-state index is 13.0. The SMILES string of the molecule is O=C1N(Cc2ccc(F)cc2)CCC[C@@]1(O)CN1CCCCCC1. The highest BCUT2D eigenvalue weighted by Crippen LogP contribution is 2.26. The van der Waals surface area contributed by atoms with E-state index in [1.54, 1.807) is 17.0 Å². The van der Waals surface area contributed by atoms with Crippen molar-refractivity contribution in [1.29, 1.82) is 0 Å². The van der Waals surface area contributed by atoms with E-state index in [-0.39, 0.29) is 11.7 Å². The Morgan fingerprint density at radius 1 is 1.00 bits per heavy atom. The third kappa shape index (κ3) is 4.14. The van der Waals surface area contributed by atoms with E-state index in [0.29, 0.717) is 26.1 Å². The summed E-state index contributed by atoms with van der Waals surface area (Å²) in [4.78, 5) is 16.8. The third-order valence-corrected chi connectivity index (χ3v) is 5.17. The molecule has 1 aromatic carbocycles. The molecule has 0 radical (unpaired) electrons. The molecule has 1 amide bonds. The smallest absolute Gasteiger partial charge is 0.256 e. The number of β-amino-alcohol motifs (C(OH)–C–C–N with tert-alkyl or cyclic N) is 1. The molecule has 2 aliphatic rings. The molecule has 2 fully saturated rings. The van der Waals surface area contributed by atoms with E-state index in [2.05, 4.69) is 4.90 Å². The Labute approximate surface area is 143 Å². The van der Waals surface area contributed by atoms with Gasteiger partial charge in [-0.15, -0.1) is 0 Å². The molecule has 1 atom stereocenters. The van der Waals surface area contributed by atoms with E-state index in [4.69, 9.17) is 0 Å².